The van der Waals surface area contributed by atoms with Gasteiger partial charge in [-0.3, -0.25) is 0 Å². The Morgan fingerprint density at radius 3 is 2.00 bits per heavy atom. The van der Waals surface area contributed by atoms with Crippen molar-refractivity contribution in [2.24, 2.45) is 0 Å². The van der Waals surface area contributed by atoms with E-state index >= 15 is 0 Å². The molecule has 1 aromatic carbocycles. The van der Waals surface area contributed by atoms with Crippen molar-refractivity contribution >= 4 is 10.0 Å². The molecule has 1 aliphatic rings. The zero-order valence-corrected chi connectivity index (χ0v) is 13.4. The van der Waals surface area contributed by atoms with Crippen molar-refractivity contribution < 1.29 is 13.5 Å². The van der Waals surface area contributed by atoms with Crippen molar-refractivity contribution in [2.75, 3.05) is 6.61 Å². The van der Waals surface area contributed by atoms with Crippen LogP contribution in [0.3, 0.4) is 0 Å². The van der Waals surface area contributed by atoms with Gasteiger partial charge in [0, 0.05) is 0 Å². The Kier molecular flexibility index (Phi) is 3.97. The summed E-state index contributed by atoms with van der Waals surface area (Å²) in [4.78, 5) is 0.370. The van der Waals surface area contributed by atoms with E-state index in [1.165, 1.54) is 0 Å². The van der Waals surface area contributed by atoms with E-state index < -0.39 is 15.6 Å². The van der Waals surface area contributed by atoms with Gasteiger partial charge in [0.25, 0.3) is 0 Å². The molecule has 1 aromatic rings. The number of hydrogen-bond acceptors (Lipinski definition) is 3. The lowest BCUT2D eigenvalue weighted by Crippen LogP contribution is -2.56. The van der Waals surface area contributed by atoms with Crippen LogP contribution in [0.15, 0.2) is 11.0 Å². The zero-order chi connectivity index (χ0) is 15.1. The summed E-state index contributed by atoms with van der Waals surface area (Å²) in [6.45, 7) is 7.37. The van der Waals surface area contributed by atoms with E-state index in [1.807, 2.05) is 33.8 Å². The Balaban J connectivity index is 2.50. The van der Waals surface area contributed by atoms with Crippen molar-refractivity contribution in [1.29, 1.82) is 0 Å². The summed E-state index contributed by atoms with van der Waals surface area (Å²) in [7, 11) is -3.61. The predicted molar refractivity (Wildman–Crippen MR) is 79.4 cm³/mol. The minimum Gasteiger partial charge on any atom is -0.394 e. The Labute approximate surface area is 121 Å². The molecule has 0 heterocycles. The number of hydrogen-bond donors (Lipinski definition) is 2. The fourth-order valence-corrected chi connectivity index (χ4v) is 4.88. The summed E-state index contributed by atoms with van der Waals surface area (Å²) < 4.78 is 28.2. The summed E-state index contributed by atoms with van der Waals surface area (Å²) in [5.74, 6) is 0. The molecule has 1 aliphatic carbocycles. The van der Waals surface area contributed by atoms with Crippen LogP contribution in [-0.2, 0) is 10.0 Å². The van der Waals surface area contributed by atoms with Crippen molar-refractivity contribution in [1.82, 2.24) is 4.72 Å². The van der Waals surface area contributed by atoms with Gasteiger partial charge in [-0.25, -0.2) is 13.1 Å². The lowest BCUT2D eigenvalue weighted by molar-refractivity contribution is 0.110. The van der Waals surface area contributed by atoms with E-state index in [0.717, 1.165) is 28.7 Å². The van der Waals surface area contributed by atoms with Crippen molar-refractivity contribution in [3.8, 4) is 0 Å². The third kappa shape index (κ3) is 2.50. The van der Waals surface area contributed by atoms with Gasteiger partial charge < -0.3 is 5.11 Å². The van der Waals surface area contributed by atoms with E-state index in [1.54, 1.807) is 0 Å². The highest BCUT2D eigenvalue weighted by Gasteiger charge is 2.41. The maximum Gasteiger partial charge on any atom is 0.241 e. The van der Waals surface area contributed by atoms with E-state index in [9.17, 15) is 13.5 Å². The van der Waals surface area contributed by atoms with Crippen LogP contribution in [0.2, 0.25) is 0 Å². The van der Waals surface area contributed by atoms with Crippen molar-refractivity contribution in [2.45, 2.75) is 57.4 Å². The maximum atomic E-state index is 12.7. The molecule has 0 bridgehead atoms. The Bertz CT molecular complexity index is 599. The second-order valence-electron chi connectivity index (χ2n) is 5.99. The number of aryl methyl sites for hydroxylation is 2. The molecule has 0 aromatic heterocycles. The normalized spacial score (nSPS) is 17.9. The molecule has 0 amide bonds. The quantitative estimate of drug-likeness (QED) is 0.894. The Morgan fingerprint density at radius 1 is 1.15 bits per heavy atom. The molecule has 5 heteroatoms. The first-order valence-corrected chi connectivity index (χ1v) is 8.43. The number of rotatable bonds is 4. The maximum absolute atomic E-state index is 12.7. The van der Waals surface area contributed by atoms with Crippen LogP contribution in [-0.4, -0.2) is 25.7 Å². The molecule has 1 saturated carbocycles. The smallest absolute Gasteiger partial charge is 0.241 e. The van der Waals surface area contributed by atoms with Crippen molar-refractivity contribution in [3.05, 3.63) is 28.3 Å². The number of aliphatic hydroxyl groups is 1. The molecule has 1 fully saturated rings. The summed E-state index contributed by atoms with van der Waals surface area (Å²) >= 11 is 0. The molecule has 20 heavy (non-hydrogen) atoms. The standard InChI is InChI=1S/C15H23NO3S/c1-10-8-11(2)13(4)14(12(10)3)20(18,19)16-15(9-17)6-5-7-15/h8,16-17H,5-7,9H2,1-4H3. The molecule has 4 nitrogen and oxygen atoms in total. The van der Waals surface area contributed by atoms with Crippen LogP contribution in [0.4, 0.5) is 0 Å². The molecular formula is C15H23NO3S. The average molecular weight is 297 g/mol. The molecule has 0 saturated heterocycles. The minimum absolute atomic E-state index is 0.144. The highest BCUT2D eigenvalue weighted by Crippen LogP contribution is 2.34. The van der Waals surface area contributed by atoms with E-state index in [4.69, 9.17) is 0 Å². The molecule has 0 aliphatic heterocycles. The predicted octanol–water partition coefficient (Wildman–Crippen LogP) is 2.11. The number of benzene rings is 1. The van der Waals surface area contributed by atoms with Gasteiger partial charge in [-0.15, -0.1) is 0 Å². The largest absolute Gasteiger partial charge is 0.394 e. The van der Waals surface area contributed by atoms with E-state index in [0.29, 0.717) is 17.7 Å². The van der Waals surface area contributed by atoms with Gasteiger partial charge in [-0.1, -0.05) is 6.07 Å². The summed E-state index contributed by atoms with van der Waals surface area (Å²) in [5, 5.41) is 9.47. The van der Waals surface area contributed by atoms with Crippen LogP contribution in [0.5, 0.6) is 0 Å². The third-order valence-corrected chi connectivity index (χ3v) is 6.38. The van der Waals surface area contributed by atoms with Gasteiger partial charge in [0.2, 0.25) is 10.0 Å². The molecular weight excluding hydrogens is 274 g/mol. The van der Waals surface area contributed by atoms with Gasteiger partial charge in [0.1, 0.15) is 0 Å². The van der Waals surface area contributed by atoms with Crippen LogP contribution < -0.4 is 4.72 Å². The summed E-state index contributed by atoms with van der Waals surface area (Å²) in [5.41, 5.74) is 2.86. The summed E-state index contributed by atoms with van der Waals surface area (Å²) in [6, 6.07) is 2.01. The fraction of sp³-hybridized carbons (Fsp3) is 0.600. The topological polar surface area (TPSA) is 66.4 Å². The first kappa shape index (κ1) is 15.5. The molecule has 0 atom stereocenters. The molecule has 2 N–H and O–H groups in total. The number of aliphatic hydroxyl groups excluding tert-OH is 1. The molecule has 2 rings (SSSR count). The second-order valence-corrected chi connectivity index (χ2v) is 7.61. The van der Waals surface area contributed by atoms with E-state index in [2.05, 4.69) is 4.72 Å². The Hall–Kier alpha value is -0.910. The molecule has 0 spiro atoms. The average Bonchev–Trinajstić information content (AvgIpc) is 2.31. The molecule has 112 valence electrons. The van der Waals surface area contributed by atoms with Crippen LogP contribution in [0.1, 0.15) is 41.5 Å². The lowest BCUT2D eigenvalue weighted by atomic mass is 9.78. The summed E-state index contributed by atoms with van der Waals surface area (Å²) in [6.07, 6.45) is 2.35. The monoisotopic (exact) mass is 297 g/mol. The van der Waals surface area contributed by atoms with Gasteiger partial charge in [-0.2, -0.15) is 0 Å². The number of nitrogens with one attached hydrogen (secondary N) is 1. The minimum atomic E-state index is -3.61. The second kappa shape index (κ2) is 5.13. The number of sulfonamides is 1. The van der Waals surface area contributed by atoms with Crippen LogP contribution in [0, 0.1) is 27.7 Å². The zero-order valence-electron chi connectivity index (χ0n) is 12.6. The fourth-order valence-electron chi connectivity index (χ4n) is 2.82. The third-order valence-electron chi connectivity index (χ3n) is 4.53. The molecule has 0 radical (unpaired) electrons. The SMILES string of the molecule is Cc1cc(C)c(C)c(S(=O)(=O)NC2(CO)CCC2)c1C. The Morgan fingerprint density at radius 2 is 1.65 bits per heavy atom. The highest BCUT2D eigenvalue weighted by atomic mass is 32.2. The highest BCUT2D eigenvalue weighted by molar-refractivity contribution is 7.89. The van der Waals surface area contributed by atoms with Gasteiger partial charge in [0.05, 0.1) is 17.0 Å². The van der Waals surface area contributed by atoms with Gasteiger partial charge in [-0.05, 0) is 69.2 Å². The van der Waals surface area contributed by atoms with E-state index in [-0.39, 0.29) is 6.61 Å². The molecule has 0 unspecified atom stereocenters. The lowest BCUT2D eigenvalue weighted by Gasteiger charge is -2.40. The van der Waals surface area contributed by atoms with Crippen molar-refractivity contribution in [3.63, 3.8) is 0 Å². The van der Waals surface area contributed by atoms with Gasteiger partial charge >= 0.3 is 0 Å². The first-order valence-electron chi connectivity index (χ1n) is 6.95. The van der Waals surface area contributed by atoms with Crippen LogP contribution in [0.25, 0.3) is 0 Å². The van der Waals surface area contributed by atoms with Gasteiger partial charge in [0.15, 0.2) is 0 Å². The van der Waals surface area contributed by atoms with Crippen LogP contribution >= 0.6 is 0 Å². The first-order chi connectivity index (χ1) is 9.22.